The molecule has 0 aliphatic rings. The zero-order chi connectivity index (χ0) is 14.5. The number of aliphatic carboxylic acids is 1. The largest absolute Gasteiger partial charge is 0.481 e. The second-order valence-electron chi connectivity index (χ2n) is 4.05. The van der Waals surface area contributed by atoms with Crippen LogP contribution in [0.2, 0.25) is 0 Å². The second kappa shape index (κ2) is 6.51. The minimum absolute atomic E-state index is 0.0765. The molecule has 7 heteroatoms. The molecule has 0 saturated carbocycles. The Bertz CT molecular complexity index is 598. The van der Waals surface area contributed by atoms with Crippen LogP contribution in [-0.2, 0) is 11.3 Å². The number of nitrogens with zero attached hydrogens (tertiary/aromatic N) is 3. The molecule has 1 heterocycles. The molecule has 106 valence electrons. The van der Waals surface area contributed by atoms with Gasteiger partial charge in [-0.15, -0.1) is 10.2 Å². The smallest absolute Gasteiger partial charge is 0.304 e. The molecule has 5 nitrogen and oxygen atoms in total. The highest BCUT2D eigenvalue weighted by molar-refractivity contribution is 7.99. The lowest BCUT2D eigenvalue weighted by molar-refractivity contribution is -0.136. The summed E-state index contributed by atoms with van der Waals surface area (Å²) in [6, 6.07) is 6.05. The van der Waals surface area contributed by atoms with E-state index in [0.717, 1.165) is 5.56 Å². The van der Waals surface area contributed by atoms with E-state index < -0.39 is 5.97 Å². The van der Waals surface area contributed by atoms with E-state index in [1.807, 2.05) is 11.5 Å². The zero-order valence-electron chi connectivity index (χ0n) is 10.9. The fourth-order valence-electron chi connectivity index (χ4n) is 1.72. The van der Waals surface area contributed by atoms with Gasteiger partial charge in [0.25, 0.3) is 0 Å². The van der Waals surface area contributed by atoms with Gasteiger partial charge in [-0.05, 0) is 31.2 Å². The monoisotopic (exact) mass is 295 g/mol. The van der Waals surface area contributed by atoms with Gasteiger partial charge in [0.15, 0.2) is 11.0 Å². The molecule has 0 spiro atoms. The molecule has 0 aliphatic heterocycles. The van der Waals surface area contributed by atoms with Crippen LogP contribution in [0, 0.1) is 5.82 Å². The summed E-state index contributed by atoms with van der Waals surface area (Å²) in [4.78, 5) is 10.5. The van der Waals surface area contributed by atoms with Crippen molar-refractivity contribution in [3.05, 3.63) is 30.1 Å². The molecule has 20 heavy (non-hydrogen) atoms. The van der Waals surface area contributed by atoms with Crippen LogP contribution in [0.1, 0.15) is 13.3 Å². The molecular weight excluding hydrogens is 281 g/mol. The summed E-state index contributed by atoms with van der Waals surface area (Å²) in [7, 11) is 0. The Balaban J connectivity index is 2.20. The first-order valence-electron chi connectivity index (χ1n) is 6.15. The van der Waals surface area contributed by atoms with Crippen LogP contribution >= 0.6 is 11.8 Å². The lowest BCUT2D eigenvalue weighted by atomic mass is 10.2. The Labute approximate surface area is 119 Å². The van der Waals surface area contributed by atoms with Crippen LogP contribution in [-0.4, -0.2) is 31.6 Å². The maximum atomic E-state index is 12.9. The molecule has 0 bridgehead atoms. The predicted octanol–water partition coefficient (Wildman–Crippen LogP) is 2.67. The molecule has 1 aromatic heterocycles. The average Bonchev–Trinajstić information content (AvgIpc) is 2.82. The summed E-state index contributed by atoms with van der Waals surface area (Å²) in [5.74, 6) is -0.0341. The Morgan fingerprint density at radius 2 is 2.05 bits per heavy atom. The Morgan fingerprint density at radius 3 is 2.65 bits per heavy atom. The molecule has 0 atom stereocenters. The minimum Gasteiger partial charge on any atom is -0.481 e. The fraction of sp³-hybridized carbons (Fsp3) is 0.308. The van der Waals surface area contributed by atoms with Gasteiger partial charge >= 0.3 is 5.97 Å². The van der Waals surface area contributed by atoms with Gasteiger partial charge in [0.1, 0.15) is 5.82 Å². The standard InChI is InChI=1S/C13H14FN3O2S/c1-2-17-12(9-3-5-10(14)6-4-9)15-16-13(17)20-8-7-11(18)19/h3-6H,2,7-8H2,1H3,(H,18,19). The third kappa shape index (κ3) is 3.36. The van der Waals surface area contributed by atoms with Crippen molar-refractivity contribution in [1.29, 1.82) is 0 Å². The molecule has 2 rings (SSSR count). The summed E-state index contributed by atoms with van der Waals surface area (Å²) in [6.07, 6.45) is 0.0765. The summed E-state index contributed by atoms with van der Waals surface area (Å²) < 4.78 is 14.8. The maximum absolute atomic E-state index is 12.9. The van der Waals surface area contributed by atoms with Gasteiger partial charge < -0.3 is 9.67 Å². The lowest BCUT2D eigenvalue weighted by Crippen LogP contribution is -2.01. The SMILES string of the molecule is CCn1c(SCCC(=O)O)nnc1-c1ccc(F)cc1. The normalized spacial score (nSPS) is 10.7. The molecular formula is C13H14FN3O2S. The highest BCUT2D eigenvalue weighted by atomic mass is 32.2. The Hall–Kier alpha value is -1.89. The lowest BCUT2D eigenvalue weighted by Gasteiger charge is -2.06. The van der Waals surface area contributed by atoms with Crippen molar-refractivity contribution >= 4 is 17.7 Å². The third-order valence-corrected chi connectivity index (χ3v) is 3.65. The molecule has 0 fully saturated rings. The van der Waals surface area contributed by atoms with Crippen molar-refractivity contribution in [2.75, 3.05) is 5.75 Å². The first kappa shape index (κ1) is 14.5. The predicted molar refractivity (Wildman–Crippen MR) is 74.1 cm³/mol. The van der Waals surface area contributed by atoms with E-state index in [-0.39, 0.29) is 12.2 Å². The van der Waals surface area contributed by atoms with Crippen molar-refractivity contribution in [2.45, 2.75) is 25.0 Å². The van der Waals surface area contributed by atoms with E-state index in [9.17, 15) is 9.18 Å². The number of carboxylic acid groups (broad SMARTS) is 1. The van der Waals surface area contributed by atoms with Gasteiger partial charge in [-0.1, -0.05) is 11.8 Å². The molecule has 0 aliphatic carbocycles. The Morgan fingerprint density at radius 1 is 1.35 bits per heavy atom. The van der Waals surface area contributed by atoms with E-state index >= 15 is 0 Å². The average molecular weight is 295 g/mol. The summed E-state index contributed by atoms with van der Waals surface area (Å²) >= 11 is 1.35. The maximum Gasteiger partial charge on any atom is 0.304 e. The van der Waals surface area contributed by atoms with Crippen molar-refractivity contribution in [2.24, 2.45) is 0 Å². The van der Waals surface area contributed by atoms with Crippen molar-refractivity contribution in [1.82, 2.24) is 14.8 Å². The first-order chi connectivity index (χ1) is 9.61. The number of thioether (sulfide) groups is 1. The molecule has 0 amide bonds. The molecule has 2 aromatic rings. The second-order valence-corrected chi connectivity index (χ2v) is 5.11. The van der Waals surface area contributed by atoms with Crippen LogP contribution in [0.4, 0.5) is 4.39 Å². The van der Waals surface area contributed by atoms with Gasteiger partial charge in [-0.3, -0.25) is 4.79 Å². The minimum atomic E-state index is -0.834. The van der Waals surface area contributed by atoms with Crippen LogP contribution in [0.25, 0.3) is 11.4 Å². The van der Waals surface area contributed by atoms with Crippen molar-refractivity contribution in [3.8, 4) is 11.4 Å². The van der Waals surface area contributed by atoms with Crippen LogP contribution in [0.5, 0.6) is 0 Å². The highest BCUT2D eigenvalue weighted by Gasteiger charge is 2.13. The van der Waals surface area contributed by atoms with Gasteiger partial charge in [0, 0.05) is 17.9 Å². The number of hydrogen-bond acceptors (Lipinski definition) is 4. The number of carbonyl (C=O) groups is 1. The first-order valence-corrected chi connectivity index (χ1v) is 7.14. The number of carboxylic acids is 1. The van der Waals surface area contributed by atoms with Gasteiger partial charge in [0.05, 0.1) is 6.42 Å². The zero-order valence-corrected chi connectivity index (χ0v) is 11.7. The number of halogens is 1. The summed E-state index contributed by atoms with van der Waals surface area (Å²) in [6.45, 7) is 2.62. The number of aromatic nitrogens is 3. The van der Waals surface area contributed by atoms with Gasteiger partial charge in [-0.25, -0.2) is 4.39 Å². The quantitative estimate of drug-likeness (QED) is 0.830. The van der Waals surface area contributed by atoms with Crippen LogP contribution in [0.15, 0.2) is 29.4 Å². The fourth-order valence-corrected chi connectivity index (χ4v) is 2.65. The van der Waals surface area contributed by atoms with E-state index in [1.165, 1.54) is 23.9 Å². The van der Waals surface area contributed by atoms with E-state index in [1.54, 1.807) is 12.1 Å². The molecule has 1 aromatic carbocycles. The van der Waals surface area contributed by atoms with Crippen molar-refractivity contribution < 1.29 is 14.3 Å². The topological polar surface area (TPSA) is 68.0 Å². The van der Waals surface area contributed by atoms with Crippen LogP contribution < -0.4 is 0 Å². The molecule has 0 radical (unpaired) electrons. The van der Waals surface area contributed by atoms with Crippen molar-refractivity contribution in [3.63, 3.8) is 0 Å². The van der Waals surface area contributed by atoms with E-state index in [4.69, 9.17) is 5.11 Å². The van der Waals surface area contributed by atoms with Crippen LogP contribution in [0.3, 0.4) is 0 Å². The number of benzene rings is 1. The summed E-state index contributed by atoms with van der Waals surface area (Å²) in [5, 5.41) is 17.5. The van der Waals surface area contributed by atoms with Gasteiger partial charge in [-0.2, -0.15) is 0 Å². The third-order valence-electron chi connectivity index (χ3n) is 2.68. The Kier molecular flexibility index (Phi) is 4.73. The number of rotatable bonds is 6. The number of hydrogen-bond donors (Lipinski definition) is 1. The summed E-state index contributed by atoms with van der Waals surface area (Å²) in [5.41, 5.74) is 0.783. The van der Waals surface area contributed by atoms with Gasteiger partial charge in [0.2, 0.25) is 0 Å². The molecule has 1 N–H and O–H groups in total. The van der Waals surface area contributed by atoms with E-state index in [0.29, 0.717) is 23.3 Å². The molecule has 0 unspecified atom stereocenters. The molecule has 0 saturated heterocycles. The van der Waals surface area contributed by atoms with E-state index in [2.05, 4.69) is 10.2 Å². The highest BCUT2D eigenvalue weighted by Crippen LogP contribution is 2.24.